The molecule has 0 atom stereocenters. The Hall–Kier alpha value is -2.96. The van der Waals surface area contributed by atoms with Gasteiger partial charge in [-0.15, -0.1) is 0 Å². The van der Waals surface area contributed by atoms with E-state index in [0.717, 1.165) is 0 Å². The minimum absolute atomic E-state index is 0.146. The molecule has 2 rings (SSSR count). The van der Waals surface area contributed by atoms with Crippen LogP contribution in [0, 0.1) is 0 Å². The number of carbonyl (C=O) groups excluding carboxylic acids is 1. The summed E-state index contributed by atoms with van der Waals surface area (Å²) >= 11 is 0. The van der Waals surface area contributed by atoms with Crippen molar-refractivity contribution in [3.63, 3.8) is 0 Å². The zero-order valence-electron chi connectivity index (χ0n) is 9.69. The fourth-order valence-corrected chi connectivity index (χ4v) is 1.26. The molecule has 2 aromatic rings. The fraction of sp³-hybridized carbons (Fsp3) is 0. The van der Waals surface area contributed by atoms with Gasteiger partial charge in [0.05, 0.1) is 12.4 Å². The number of nitrogens with zero attached hydrogens (tertiary/aromatic N) is 3. The van der Waals surface area contributed by atoms with Gasteiger partial charge in [0, 0.05) is 12.4 Å². The standard InChI is InChI=1S/C12H10N4O3/c17-10-2-1-8(5-11(10)18)6-15-16-12(19)9-7-13-3-4-14-9/h1-7,17-18H,(H,16,19)/b15-6-. The summed E-state index contributed by atoms with van der Waals surface area (Å²) in [6.45, 7) is 0. The molecule has 1 aromatic heterocycles. The molecule has 96 valence electrons. The largest absolute Gasteiger partial charge is 0.504 e. The van der Waals surface area contributed by atoms with Crippen LogP contribution in [0.1, 0.15) is 16.1 Å². The van der Waals surface area contributed by atoms with Gasteiger partial charge in [-0.05, 0) is 23.8 Å². The molecule has 0 aliphatic rings. The van der Waals surface area contributed by atoms with E-state index in [1.165, 1.54) is 43.0 Å². The molecule has 1 heterocycles. The predicted octanol–water partition coefficient (Wildman–Crippen LogP) is 0.652. The van der Waals surface area contributed by atoms with Crippen molar-refractivity contribution in [1.29, 1.82) is 0 Å². The molecule has 7 heteroatoms. The number of benzene rings is 1. The zero-order valence-corrected chi connectivity index (χ0v) is 9.69. The molecule has 0 unspecified atom stereocenters. The maximum absolute atomic E-state index is 11.5. The van der Waals surface area contributed by atoms with Crippen molar-refractivity contribution in [3.05, 3.63) is 48.0 Å². The lowest BCUT2D eigenvalue weighted by atomic mass is 10.2. The predicted molar refractivity (Wildman–Crippen MR) is 66.9 cm³/mol. The Morgan fingerprint density at radius 2 is 2.11 bits per heavy atom. The molecule has 19 heavy (non-hydrogen) atoms. The van der Waals surface area contributed by atoms with Gasteiger partial charge in [-0.3, -0.25) is 9.78 Å². The SMILES string of the molecule is O=C(N/N=C\c1ccc(O)c(O)c1)c1cnccn1. The summed E-state index contributed by atoms with van der Waals surface area (Å²) in [5, 5.41) is 22.1. The molecule has 0 bridgehead atoms. The number of amides is 1. The van der Waals surface area contributed by atoms with Crippen molar-refractivity contribution in [1.82, 2.24) is 15.4 Å². The molecule has 0 aliphatic heterocycles. The van der Waals surface area contributed by atoms with E-state index < -0.39 is 5.91 Å². The van der Waals surface area contributed by atoms with Crippen molar-refractivity contribution in [2.75, 3.05) is 0 Å². The second-order valence-electron chi connectivity index (χ2n) is 3.54. The van der Waals surface area contributed by atoms with Crippen molar-refractivity contribution in [2.24, 2.45) is 5.10 Å². The number of aromatic hydroxyl groups is 2. The van der Waals surface area contributed by atoms with Gasteiger partial charge in [-0.25, -0.2) is 10.4 Å². The number of phenols is 2. The first-order valence-electron chi connectivity index (χ1n) is 5.28. The summed E-state index contributed by atoms with van der Waals surface area (Å²) in [5.41, 5.74) is 2.93. The zero-order chi connectivity index (χ0) is 13.7. The van der Waals surface area contributed by atoms with Crippen LogP contribution in [0.25, 0.3) is 0 Å². The van der Waals surface area contributed by atoms with E-state index in [1.807, 2.05) is 0 Å². The first-order chi connectivity index (χ1) is 9.16. The minimum atomic E-state index is -0.493. The first-order valence-corrected chi connectivity index (χ1v) is 5.28. The van der Waals surface area contributed by atoms with Crippen LogP contribution >= 0.6 is 0 Å². The van der Waals surface area contributed by atoms with E-state index in [1.54, 1.807) is 0 Å². The van der Waals surface area contributed by atoms with Gasteiger partial charge in [0.15, 0.2) is 11.5 Å². The van der Waals surface area contributed by atoms with E-state index in [2.05, 4.69) is 20.5 Å². The molecule has 0 spiro atoms. The topological polar surface area (TPSA) is 108 Å². The normalized spacial score (nSPS) is 10.5. The van der Waals surface area contributed by atoms with Crippen LogP contribution in [0.15, 0.2) is 41.9 Å². The van der Waals surface area contributed by atoms with Gasteiger partial charge in [0.1, 0.15) is 5.69 Å². The Morgan fingerprint density at radius 3 is 2.79 bits per heavy atom. The third kappa shape index (κ3) is 3.25. The Labute approximate surface area is 108 Å². The number of hydrazone groups is 1. The summed E-state index contributed by atoms with van der Waals surface area (Å²) in [6, 6.07) is 4.17. The Bertz CT molecular complexity index is 614. The average molecular weight is 258 g/mol. The number of nitrogens with one attached hydrogen (secondary N) is 1. The molecule has 0 radical (unpaired) electrons. The van der Waals surface area contributed by atoms with Crippen molar-refractivity contribution >= 4 is 12.1 Å². The maximum atomic E-state index is 11.5. The van der Waals surface area contributed by atoms with Gasteiger partial charge >= 0.3 is 0 Å². The monoisotopic (exact) mass is 258 g/mol. The second kappa shape index (κ2) is 5.58. The molecule has 1 aromatic carbocycles. The van der Waals surface area contributed by atoms with Gasteiger partial charge in [0.25, 0.3) is 5.91 Å². The van der Waals surface area contributed by atoms with Crippen LogP contribution in [-0.4, -0.2) is 32.3 Å². The first kappa shape index (κ1) is 12.5. The molecule has 0 saturated carbocycles. The van der Waals surface area contributed by atoms with Gasteiger partial charge in [-0.1, -0.05) is 0 Å². The van der Waals surface area contributed by atoms with Crippen molar-refractivity contribution in [2.45, 2.75) is 0 Å². The third-order valence-electron chi connectivity index (χ3n) is 2.18. The van der Waals surface area contributed by atoms with Crippen molar-refractivity contribution in [3.8, 4) is 11.5 Å². The van der Waals surface area contributed by atoms with Crippen LogP contribution in [0.4, 0.5) is 0 Å². The van der Waals surface area contributed by atoms with E-state index in [4.69, 9.17) is 5.11 Å². The second-order valence-corrected chi connectivity index (χ2v) is 3.54. The van der Waals surface area contributed by atoms with Crippen LogP contribution in [-0.2, 0) is 0 Å². The molecule has 7 nitrogen and oxygen atoms in total. The summed E-state index contributed by atoms with van der Waals surface area (Å²) in [5.74, 6) is -0.975. The molecule has 0 fully saturated rings. The molecule has 0 aliphatic carbocycles. The van der Waals surface area contributed by atoms with Crippen LogP contribution < -0.4 is 5.43 Å². The smallest absolute Gasteiger partial charge is 0.291 e. The lowest BCUT2D eigenvalue weighted by molar-refractivity contribution is 0.0949. The van der Waals surface area contributed by atoms with Gasteiger partial charge < -0.3 is 10.2 Å². The maximum Gasteiger partial charge on any atom is 0.291 e. The lowest BCUT2D eigenvalue weighted by Crippen LogP contribution is -2.19. The highest BCUT2D eigenvalue weighted by Crippen LogP contribution is 2.23. The number of rotatable bonds is 3. The highest BCUT2D eigenvalue weighted by molar-refractivity contribution is 5.92. The summed E-state index contributed by atoms with van der Waals surface area (Å²) in [6.07, 6.45) is 5.50. The van der Waals surface area contributed by atoms with Gasteiger partial charge in [-0.2, -0.15) is 5.10 Å². The highest BCUT2D eigenvalue weighted by Gasteiger charge is 2.04. The number of hydrogen-bond acceptors (Lipinski definition) is 6. The van der Waals surface area contributed by atoms with E-state index in [0.29, 0.717) is 5.56 Å². The van der Waals surface area contributed by atoms with E-state index in [9.17, 15) is 9.90 Å². The fourth-order valence-electron chi connectivity index (χ4n) is 1.26. The molecule has 0 saturated heterocycles. The molecule has 3 N–H and O–H groups in total. The third-order valence-corrected chi connectivity index (χ3v) is 2.18. The Balaban J connectivity index is 2.00. The average Bonchev–Trinajstić information content (AvgIpc) is 2.43. The van der Waals surface area contributed by atoms with Crippen LogP contribution in [0.3, 0.4) is 0 Å². The van der Waals surface area contributed by atoms with Gasteiger partial charge in [0.2, 0.25) is 0 Å². The molecule has 1 amide bonds. The summed E-state index contributed by atoms with van der Waals surface area (Å²) in [7, 11) is 0. The quantitative estimate of drug-likeness (QED) is 0.425. The molecular weight excluding hydrogens is 248 g/mol. The number of carbonyl (C=O) groups is 1. The minimum Gasteiger partial charge on any atom is -0.504 e. The molecular formula is C12H10N4O3. The summed E-state index contributed by atoms with van der Waals surface area (Å²) in [4.78, 5) is 19.1. The number of hydrogen-bond donors (Lipinski definition) is 3. The Kier molecular flexibility index (Phi) is 3.67. The van der Waals surface area contributed by atoms with Crippen LogP contribution in [0.2, 0.25) is 0 Å². The Morgan fingerprint density at radius 1 is 1.26 bits per heavy atom. The van der Waals surface area contributed by atoms with Crippen molar-refractivity contribution < 1.29 is 15.0 Å². The van der Waals surface area contributed by atoms with Crippen LogP contribution in [0.5, 0.6) is 11.5 Å². The number of phenolic OH excluding ortho intramolecular Hbond substituents is 2. The highest BCUT2D eigenvalue weighted by atomic mass is 16.3. The van der Waals surface area contributed by atoms with E-state index >= 15 is 0 Å². The summed E-state index contributed by atoms with van der Waals surface area (Å²) < 4.78 is 0. The van der Waals surface area contributed by atoms with E-state index in [-0.39, 0.29) is 17.2 Å². The number of aromatic nitrogens is 2. The lowest BCUT2D eigenvalue weighted by Gasteiger charge is -1.99.